The van der Waals surface area contributed by atoms with Gasteiger partial charge in [0.1, 0.15) is 0 Å². The average molecular weight is 352 g/mol. The lowest BCUT2D eigenvalue weighted by Crippen LogP contribution is -2.21. The summed E-state index contributed by atoms with van der Waals surface area (Å²) in [5.41, 5.74) is 4.82. The van der Waals surface area contributed by atoms with Crippen molar-refractivity contribution in [3.63, 3.8) is 0 Å². The van der Waals surface area contributed by atoms with Crippen LogP contribution in [0.25, 0.3) is 11.3 Å². The van der Waals surface area contributed by atoms with E-state index in [-0.39, 0.29) is 0 Å². The van der Waals surface area contributed by atoms with Gasteiger partial charge in [-0.15, -0.1) is 11.3 Å². The maximum atomic E-state index is 4.72. The molecule has 3 aromatic rings. The Morgan fingerprint density at radius 1 is 0.960 bits per heavy atom. The zero-order valence-corrected chi connectivity index (χ0v) is 15.7. The summed E-state index contributed by atoms with van der Waals surface area (Å²) in [7, 11) is 0. The highest BCUT2D eigenvalue weighted by Crippen LogP contribution is 2.26. The number of rotatable bonds is 8. The molecule has 1 aromatic heterocycles. The first-order chi connectivity index (χ1) is 12.3. The molecule has 0 fully saturated rings. The smallest absolute Gasteiger partial charge is 0.183 e. The van der Waals surface area contributed by atoms with Crippen LogP contribution in [-0.2, 0) is 6.42 Å². The van der Waals surface area contributed by atoms with Gasteiger partial charge in [-0.25, -0.2) is 4.98 Å². The van der Waals surface area contributed by atoms with E-state index in [0.29, 0.717) is 0 Å². The van der Waals surface area contributed by atoms with Crippen LogP contribution < -0.4 is 10.2 Å². The summed E-state index contributed by atoms with van der Waals surface area (Å²) in [5, 5.41) is 6.54. The standard InChI is InChI=1S/C21H25N3S/c1-3-24(4-2)19-12-10-18(11-13-19)20-16-25-21(23-20)22-15-14-17-8-6-5-7-9-17/h5-13,16H,3-4,14-15H2,1-2H3,(H,22,23). The predicted octanol–water partition coefficient (Wildman–Crippen LogP) is 5.31. The molecule has 0 aliphatic carbocycles. The van der Waals surface area contributed by atoms with Crippen LogP contribution in [0.2, 0.25) is 0 Å². The second kappa shape index (κ2) is 8.67. The van der Waals surface area contributed by atoms with Gasteiger partial charge in [-0.05, 0) is 38.0 Å². The van der Waals surface area contributed by atoms with E-state index in [1.165, 1.54) is 16.8 Å². The Kier molecular flexibility index (Phi) is 6.07. The molecule has 0 saturated heterocycles. The summed E-state index contributed by atoms with van der Waals surface area (Å²) >= 11 is 1.67. The largest absolute Gasteiger partial charge is 0.372 e. The van der Waals surface area contributed by atoms with Gasteiger partial charge >= 0.3 is 0 Å². The second-order valence-electron chi connectivity index (χ2n) is 5.92. The predicted molar refractivity (Wildman–Crippen MR) is 110 cm³/mol. The van der Waals surface area contributed by atoms with E-state index in [2.05, 4.69) is 84.0 Å². The first-order valence-electron chi connectivity index (χ1n) is 8.89. The lowest BCUT2D eigenvalue weighted by atomic mass is 10.1. The van der Waals surface area contributed by atoms with Gasteiger partial charge in [0.25, 0.3) is 0 Å². The van der Waals surface area contributed by atoms with Gasteiger partial charge in [-0.1, -0.05) is 42.5 Å². The molecule has 3 rings (SSSR count). The van der Waals surface area contributed by atoms with Crippen molar-refractivity contribution >= 4 is 22.2 Å². The van der Waals surface area contributed by atoms with Crippen molar-refractivity contribution in [2.24, 2.45) is 0 Å². The monoisotopic (exact) mass is 351 g/mol. The summed E-state index contributed by atoms with van der Waals surface area (Å²) in [6, 6.07) is 19.2. The summed E-state index contributed by atoms with van der Waals surface area (Å²) in [6.45, 7) is 7.33. The molecule has 1 N–H and O–H groups in total. The number of aromatic nitrogens is 1. The molecular weight excluding hydrogens is 326 g/mol. The minimum absolute atomic E-state index is 0.901. The molecule has 0 amide bonds. The molecule has 0 saturated carbocycles. The van der Waals surface area contributed by atoms with Gasteiger partial charge in [0.2, 0.25) is 0 Å². The van der Waals surface area contributed by atoms with Crippen LogP contribution in [0.4, 0.5) is 10.8 Å². The number of nitrogens with zero attached hydrogens (tertiary/aromatic N) is 2. The highest BCUT2D eigenvalue weighted by Gasteiger charge is 2.06. The first kappa shape index (κ1) is 17.5. The molecule has 0 spiro atoms. The molecule has 1 heterocycles. The second-order valence-corrected chi connectivity index (χ2v) is 6.78. The fourth-order valence-electron chi connectivity index (χ4n) is 2.88. The third-order valence-electron chi connectivity index (χ3n) is 4.33. The molecule has 0 bridgehead atoms. The van der Waals surface area contributed by atoms with Crippen LogP contribution in [0, 0.1) is 0 Å². The number of thiazole rings is 1. The number of hydrogen-bond acceptors (Lipinski definition) is 4. The Morgan fingerprint density at radius 3 is 2.36 bits per heavy atom. The summed E-state index contributed by atoms with van der Waals surface area (Å²) < 4.78 is 0. The van der Waals surface area contributed by atoms with Crippen molar-refractivity contribution < 1.29 is 0 Å². The van der Waals surface area contributed by atoms with E-state index in [1.54, 1.807) is 11.3 Å². The third kappa shape index (κ3) is 4.60. The van der Waals surface area contributed by atoms with Crippen LogP contribution in [0.15, 0.2) is 60.0 Å². The molecule has 0 aliphatic heterocycles. The molecule has 3 nitrogen and oxygen atoms in total. The lowest BCUT2D eigenvalue weighted by Gasteiger charge is -2.20. The number of hydrogen-bond donors (Lipinski definition) is 1. The average Bonchev–Trinajstić information content (AvgIpc) is 3.13. The van der Waals surface area contributed by atoms with Gasteiger partial charge in [-0.3, -0.25) is 0 Å². The van der Waals surface area contributed by atoms with E-state index in [9.17, 15) is 0 Å². The van der Waals surface area contributed by atoms with Crippen LogP contribution in [0.5, 0.6) is 0 Å². The number of benzene rings is 2. The molecule has 2 aromatic carbocycles. The van der Waals surface area contributed by atoms with Crippen molar-refractivity contribution in [3.8, 4) is 11.3 Å². The summed E-state index contributed by atoms with van der Waals surface area (Å²) in [5.74, 6) is 0. The van der Waals surface area contributed by atoms with Crippen LogP contribution in [0.3, 0.4) is 0 Å². The van der Waals surface area contributed by atoms with Crippen molar-refractivity contribution in [2.45, 2.75) is 20.3 Å². The third-order valence-corrected chi connectivity index (χ3v) is 5.13. The van der Waals surface area contributed by atoms with E-state index in [1.807, 2.05) is 0 Å². The Balaban J connectivity index is 1.59. The van der Waals surface area contributed by atoms with Crippen molar-refractivity contribution in [3.05, 3.63) is 65.5 Å². The molecule has 130 valence electrons. The Bertz CT molecular complexity index is 761. The Morgan fingerprint density at radius 2 is 1.68 bits per heavy atom. The van der Waals surface area contributed by atoms with Crippen LogP contribution in [0.1, 0.15) is 19.4 Å². The van der Waals surface area contributed by atoms with Gasteiger partial charge in [-0.2, -0.15) is 0 Å². The van der Waals surface area contributed by atoms with Gasteiger partial charge < -0.3 is 10.2 Å². The SMILES string of the molecule is CCN(CC)c1ccc(-c2csc(NCCc3ccccc3)n2)cc1. The summed E-state index contributed by atoms with van der Waals surface area (Å²) in [6.07, 6.45) is 1.01. The van der Waals surface area contributed by atoms with Gasteiger partial charge in [0.15, 0.2) is 5.13 Å². The topological polar surface area (TPSA) is 28.2 Å². The molecule has 0 aliphatic rings. The molecule has 0 radical (unpaired) electrons. The maximum absolute atomic E-state index is 4.72. The fourth-order valence-corrected chi connectivity index (χ4v) is 3.63. The van der Waals surface area contributed by atoms with Gasteiger partial charge in [0.05, 0.1) is 5.69 Å². The quantitative estimate of drug-likeness (QED) is 0.596. The zero-order valence-electron chi connectivity index (χ0n) is 14.9. The zero-order chi connectivity index (χ0) is 17.5. The Hall–Kier alpha value is -2.33. The minimum atomic E-state index is 0.901. The minimum Gasteiger partial charge on any atom is -0.372 e. The number of anilines is 2. The van der Waals surface area contributed by atoms with Crippen molar-refractivity contribution in [1.29, 1.82) is 0 Å². The maximum Gasteiger partial charge on any atom is 0.183 e. The van der Waals surface area contributed by atoms with Crippen molar-refractivity contribution in [2.75, 3.05) is 29.9 Å². The lowest BCUT2D eigenvalue weighted by molar-refractivity contribution is 0.866. The molecular formula is C21H25N3S. The number of nitrogens with one attached hydrogen (secondary N) is 1. The highest BCUT2D eigenvalue weighted by molar-refractivity contribution is 7.14. The fraction of sp³-hybridized carbons (Fsp3) is 0.286. The van der Waals surface area contributed by atoms with Crippen LogP contribution >= 0.6 is 11.3 Å². The van der Waals surface area contributed by atoms with E-state index < -0.39 is 0 Å². The normalized spacial score (nSPS) is 10.6. The van der Waals surface area contributed by atoms with E-state index in [4.69, 9.17) is 4.98 Å². The molecule has 0 unspecified atom stereocenters. The van der Waals surface area contributed by atoms with Crippen molar-refractivity contribution in [1.82, 2.24) is 4.98 Å². The van der Waals surface area contributed by atoms with Gasteiger partial charge in [0, 0.05) is 36.3 Å². The molecule has 0 atom stereocenters. The summed E-state index contributed by atoms with van der Waals surface area (Å²) in [4.78, 5) is 7.07. The molecule has 4 heteroatoms. The van der Waals surface area contributed by atoms with E-state index >= 15 is 0 Å². The van der Waals surface area contributed by atoms with E-state index in [0.717, 1.165) is 36.9 Å². The molecule has 25 heavy (non-hydrogen) atoms. The van der Waals surface area contributed by atoms with Crippen LogP contribution in [-0.4, -0.2) is 24.6 Å². The Labute approximate surface area is 154 Å². The highest BCUT2D eigenvalue weighted by atomic mass is 32.1. The first-order valence-corrected chi connectivity index (χ1v) is 9.76.